The van der Waals surface area contributed by atoms with E-state index in [2.05, 4.69) is 28.1 Å². The largest absolute Gasteiger partial charge is 0.378 e. The standard InChI is InChI=1S/C16H22BrNO2/c17-10-11-18(13-14-5-2-1-3-6-14)16(19)9-8-15-7-4-12-20-15/h1-3,5-6,15H,4,7-13H2. The number of amides is 1. The number of carbonyl (C=O) groups is 1. The fourth-order valence-electron chi connectivity index (χ4n) is 2.51. The highest BCUT2D eigenvalue weighted by Gasteiger charge is 2.19. The zero-order valence-electron chi connectivity index (χ0n) is 11.8. The van der Waals surface area contributed by atoms with Crippen LogP contribution < -0.4 is 0 Å². The SMILES string of the molecule is O=C(CCC1CCCO1)N(CCBr)Cc1ccccc1. The van der Waals surface area contributed by atoms with Crippen LogP contribution in [-0.4, -0.2) is 35.4 Å². The van der Waals surface area contributed by atoms with Crippen molar-refractivity contribution in [2.75, 3.05) is 18.5 Å². The number of alkyl halides is 1. The molecule has 1 atom stereocenters. The van der Waals surface area contributed by atoms with Crippen molar-refractivity contribution in [3.05, 3.63) is 35.9 Å². The Bertz CT molecular complexity index is 404. The Labute approximate surface area is 129 Å². The van der Waals surface area contributed by atoms with Crippen molar-refractivity contribution in [3.8, 4) is 0 Å². The number of ether oxygens (including phenoxy) is 1. The minimum absolute atomic E-state index is 0.226. The normalized spacial score (nSPS) is 18.1. The number of nitrogens with zero attached hydrogens (tertiary/aromatic N) is 1. The molecule has 0 radical (unpaired) electrons. The molecule has 1 aromatic carbocycles. The predicted molar refractivity (Wildman–Crippen MR) is 83.9 cm³/mol. The molecule has 110 valence electrons. The number of hydrogen-bond donors (Lipinski definition) is 0. The van der Waals surface area contributed by atoms with Gasteiger partial charge in [-0.3, -0.25) is 4.79 Å². The van der Waals surface area contributed by atoms with Gasteiger partial charge >= 0.3 is 0 Å². The maximum Gasteiger partial charge on any atom is 0.222 e. The molecule has 1 aromatic rings. The Kier molecular flexibility index (Phi) is 6.54. The summed E-state index contributed by atoms with van der Waals surface area (Å²) in [5.41, 5.74) is 1.18. The zero-order valence-corrected chi connectivity index (χ0v) is 13.3. The first-order valence-corrected chi connectivity index (χ1v) is 8.41. The summed E-state index contributed by atoms with van der Waals surface area (Å²) in [5.74, 6) is 0.226. The average Bonchev–Trinajstić information content (AvgIpc) is 2.99. The lowest BCUT2D eigenvalue weighted by Crippen LogP contribution is -2.32. The van der Waals surface area contributed by atoms with E-state index in [4.69, 9.17) is 4.74 Å². The molecule has 4 heteroatoms. The van der Waals surface area contributed by atoms with Crippen LogP contribution in [0.2, 0.25) is 0 Å². The van der Waals surface area contributed by atoms with Crippen molar-refractivity contribution in [3.63, 3.8) is 0 Å². The van der Waals surface area contributed by atoms with E-state index in [1.807, 2.05) is 23.1 Å². The van der Waals surface area contributed by atoms with Gasteiger partial charge < -0.3 is 9.64 Å². The summed E-state index contributed by atoms with van der Waals surface area (Å²) in [5, 5.41) is 0.811. The van der Waals surface area contributed by atoms with Crippen molar-refractivity contribution in [2.45, 2.75) is 38.3 Å². The molecular formula is C16H22BrNO2. The summed E-state index contributed by atoms with van der Waals surface area (Å²) in [4.78, 5) is 14.3. The monoisotopic (exact) mass is 339 g/mol. The minimum atomic E-state index is 0.226. The smallest absolute Gasteiger partial charge is 0.222 e. The Morgan fingerprint density at radius 1 is 1.35 bits per heavy atom. The quantitative estimate of drug-likeness (QED) is 0.713. The lowest BCUT2D eigenvalue weighted by atomic mass is 10.1. The first kappa shape index (κ1) is 15.5. The predicted octanol–water partition coefficient (Wildman–Crippen LogP) is 3.37. The van der Waals surface area contributed by atoms with Gasteiger partial charge in [0.1, 0.15) is 0 Å². The molecule has 1 fully saturated rings. The highest BCUT2D eigenvalue weighted by molar-refractivity contribution is 9.09. The Hall–Kier alpha value is -0.870. The molecule has 1 saturated heterocycles. The van der Waals surface area contributed by atoms with Crippen LogP contribution >= 0.6 is 15.9 Å². The maximum absolute atomic E-state index is 12.3. The molecule has 0 aliphatic carbocycles. The van der Waals surface area contributed by atoms with Crippen LogP contribution in [0.15, 0.2) is 30.3 Å². The number of halogens is 1. The van der Waals surface area contributed by atoms with Crippen molar-refractivity contribution in [1.29, 1.82) is 0 Å². The molecule has 3 nitrogen and oxygen atoms in total. The first-order chi connectivity index (χ1) is 9.79. The van der Waals surface area contributed by atoms with Gasteiger partial charge in [0.25, 0.3) is 0 Å². The molecule has 0 bridgehead atoms. The summed E-state index contributed by atoms with van der Waals surface area (Å²) in [7, 11) is 0. The summed E-state index contributed by atoms with van der Waals surface area (Å²) in [6, 6.07) is 10.2. The van der Waals surface area contributed by atoms with Crippen molar-refractivity contribution >= 4 is 21.8 Å². The summed E-state index contributed by atoms with van der Waals surface area (Å²) < 4.78 is 5.58. The van der Waals surface area contributed by atoms with E-state index in [9.17, 15) is 4.79 Å². The molecule has 0 aromatic heterocycles. The highest BCUT2D eigenvalue weighted by Crippen LogP contribution is 2.18. The van der Waals surface area contributed by atoms with Crippen molar-refractivity contribution < 1.29 is 9.53 Å². The van der Waals surface area contributed by atoms with Gasteiger partial charge in [0, 0.05) is 31.4 Å². The molecule has 0 spiro atoms. The molecular weight excluding hydrogens is 318 g/mol. The van der Waals surface area contributed by atoms with Crippen LogP contribution in [0.3, 0.4) is 0 Å². The third-order valence-corrected chi connectivity index (χ3v) is 3.98. The number of hydrogen-bond acceptors (Lipinski definition) is 2. The molecule has 1 aliphatic heterocycles. The van der Waals surface area contributed by atoms with Crippen LogP contribution in [0, 0.1) is 0 Å². The lowest BCUT2D eigenvalue weighted by Gasteiger charge is -2.22. The average molecular weight is 340 g/mol. The van der Waals surface area contributed by atoms with E-state index in [0.29, 0.717) is 19.1 Å². The molecule has 1 aliphatic rings. The third kappa shape index (κ3) is 4.91. The van der Waals surface area contributed by atoms with Crippen LogP contribution in [0.4, 0.5) is 0 Å². The van der Waals surface area contributed by atoms with Crippen LogP contribution in [0.1, 0.15) is 31.2 Å². The third-order valence-electron chi connectivity index (χ3n) is 3.63. The van der Waals surface area contributed by atoms with Gasteiger partial charge in [-0.15, -0.1) is 0 Å². The van der Waals surface area contributed by atoms with Crippen molar-refractivity contribution in [2.24, 2.45) is 0 Å². The summed E-state index contributed by atoms with van der Waals surface area (Å²) >= 11 is 3.43. The first-order valence-electron chi connectivity index (χ1n) is 7.29. The van der Waals surface area contributed by atoms with Gasteiger partial charge in [-0.25, -0.2) is 0 Å². The van der Waals surface area contributed by atoms with Gasteiger partial charge in [-0.2, -0.15) is 0 Å². The number of benzene rings is 1. The van der Waals surface area contributed by atoms with Crippen LogP contribution in [0.5, 0.6) is 0 Å². The topological polar surface area (TPSA) is 29.5 Å². The second kappa shape index (κ2) is 8.42. The lowest BCUT2D eigenvalue weighted by molar-refractivity contribution is -0.132. The van der Waals surface area contributed by atoms with E-state index in [0.717, 1.165) is 37.7 Å². The number of rotatable bonds is 7. The van der Waals surface area contributed by atoms with E-state index in [1.165, 1.54) is 5.56 Å². The molecule has 1 amide bonds. The molecule has 0 saturated carbocycles. The van der Waals surface area contributed by atoms with Crippen molar-refractivity contribution in [1.82, 2.24) is 4.90 Å². The van der Waals surface area contributed by atoms with Gasteiger partial charge in [0.05, 0.1) is 6.10 Å². The van der Waals surface area contributed by atoms with Crippen LogP contribution in [0.25, 0.3) is 0 Å². The van der Waals surface area contributed by atoms with Gasteiger partial charge in [0.15, 0.2) is 0 Å². The van der Waals surface area contributed by atoms with Gasteiger partial charge in [-0.1, -0.05) is 46.3 Å². The second-order valence-corrected chi connectivity index (χ2v) is 5.96. The fraction of sp³-hybridized carbons (Fsp3) is 0.562. The van der Waals surface area contributed by atoms with Gasteiger partial charge in [-0.05, 0) is 24.8 Å². The Balaban J connectivity index is 1.84. The second-order valence-electron chi connectivity index (χ2n) is 5.16. The minimum Gasteiger partial charge on any atom is -0.378 e. The van der Waals surface area contributed by atoms with E-state index >= 15 is 0 Å². The molecule has 0 N–H and O–H groups in total. The van der Waals surface area contributed by atoms with E-state index in [1.54, 1.807) is 0 Å². The van der Waals surface area contributed by atoms with E-state index < -0.39 is 0 Å². The molecule has 2 rings (SSSR count). The number of carbonyl (C=O) groups excluding carboxylic acids is 1. The van der Waals surface area contributed by atoms with E-state index in [-0.39, 0.29) is 5.91 Å². The molecule has 1 heterocycles. The summed E-state index contributed by atoms with van der Waals surface area (Å²) in [6.07, 6.45) is 3.97. The molecule has 1 unspecified atom stereocenters. The fourth-order valence-corrected chi connectivity index (χ4v) is 2.94. The van der Waals surface area contributed by atoms with Crippen LogP contribution in [-0.2, 0) is 16.1 Å². The van der Waals surface area contributed by atoms with Gasteiger partial charge in [0.2, 0.25) is 5.91 Å². The highest BCUT2D eigenvalue weighted by atomic mass is 79.9. The Morgan fingerprint density at radius 3 is 2.80 bits per heavy atom. The maximum atomic E-state index is 12.3. The summed E-state index contributed by atoms with van der Waals surface area (Å²) in [6.45, 7) is 2.30. The molecule has 20 heavy (non-hydrogen) atoms. The Morgan fingerprint density at radius 2 is 2.15 bits per heavy atom. The zero-order chi connectivity index (χ0) is 14.2.